The quantitative estimate of drug-likeness (QED) is 0.618. The number of nitrogens with one attached hydrogen (secondary N) is 1. The minimum atomic E-state index is -0.511. The zero-order valence-corrected chi connectivity index (χ0v) is 9.77. The fraction of sp³-hybridized carbons (Fsp3) is 0.600. The molecule has 7 heteroatoms. The Bertz CT molecular complexity index is 445. The molecule has 0 saturated heterocycles. The first-order valence-electron chi connectivity index (χ1n) is 5.51. The first-order chi connectivity index (χ1) is 8.15. The molecular formula is C10H14N4O3. The molecule has 0 unspecified atom stereocenters. The van der Waals surface area contributed by atoms with Crippen LogP contribution < -0.4 is 10.1 Å². The van der Waals surface area contributed by atoms with Crippen LogP contribution in [0.1, 0.15) is 25.6 Å². The third-order valence-corrected chi connectivity index (χ3v) is 2.51. The van der Waals surface area contributed by atoms with Gasteiger partial charge in [-0.25, -0.2) is 4.98 Å². The Kier molecular flexibility index (Phi) is 3.08. The maximum absolute atomic E-state index is 11.0. The SMILES string of the molecule is CCc1nc(NC2CC2)c([N+](=O)[O-])c(OC)n1. The Hall–Kier alpha value is -1.92. The van der Waals surface area contributed by atoms with Gasteiger partial charge in [0.15, 0.2) is 0 Å². The molecule has 0 aliphatic heterocycles. The number of rotatable bonds is 5. The van der Waals surface area contributed by atoms with E-state index in [1.165, 1.54) is 7.11 Å². The number of nitro groups is 1. The summed E-state index contributed by atoms with van der Waals surface area (Å²) in [6.45, 7) is 1.89. The van der Waals surface area contributed by atoms with Gasteiger partial charge in [-0.2, -0.15) is 4.98 Å². The van der Waals surface area contributed by atoms with E-state index in [0.29, 0.717) is 12.2 Å². The molecule has 0 bridgehead atoms. The van der Waals surface area contributed by atoms with Crippen molar-refractivity contribution in [2.75, 3.05) is 12.4 Å². The Morgan fingerprint density at radius 2 is 2.24 bits per heavy atom. The van der Waals surface area contributed by atoms with Crippen molar-refractivity contribution in [1.29, 1.82) is 0 Å². The highest BCUT2D eigenvalue weighted by atomic mass is 16.6. The van der Waals surface area contributed by atoms with Crippen molar-refractivity contribution in [1.82, 2.24) is 9.97 Å². The van der Waals surface area contributed by atoms with Crippen molar-refractivity contribution in [3.8, 4) is 5.88 Å². The topological polar surface area (TPSA) is 90.2 Å². The molecular weight excluding hydrogens is 224 g/mol. The van der Waals surface area contributed by atoms with Gasteiger partial charge in [0, 0.05) is 12.5 Å². The van der Waals surface area contributed by atoms with Gasteiger partial charge in [-0.05, 0) is 12.8 Å². The molecule has 0 atom stereocenters. The Labute approximate surface area is 98.4 Å². The second-order valence-electron chi connectivity index (χ2n) is 3.88. The molecule has 1 aromatic heterocycles. The number of hydrogen-bond acceptors (Lipinski definition) is 6. The van der Waals surface area contributed by atoms with E-state index in [-0.39, 0.29) is 23.4 Å². The van der Waals surface area contributed by atoms with Gasteiger partial charge < -0.3 is 10.1 Å². The average molecular weight is 238 g/mol. The summed E-state index contributed by atoms with van der Waals surface area (Å²) in [4.78, 5) is 18.7. The van der Waals surface area contributed by atoms with E-state index in [1.807, 2.05) is 6.92 Å². The van der Waals surface area contributed by atoms with Crippen LogP contribution in [0, 0.1) is 10.1 Å². The second-order valence-corrected chi connectivity index (χ2v) is 3.88. The van der Waals surface area contributed by atoms with E-state index in [9.17, 15) is 10.1 Å². The molecule has 1 aliphatic rings. The lowest BCUT2D eigenvalue weighted by Crippen LogP contribution is -2.10. The zero-order chi connectivity index (χ0) is 12.4. The van der Waals surface area contributed by atoms with Gasteiger partial charge in [0.1, 0.15) is 5.82 Å². The summed E-state index contributed by atoms with van der Waals surface area (Å²) in [6.07, 6.45) is 2.64. The van der Waals surface area contributed by atoms with Crippen LogP contribution in [0.5, 0.6) is 5.88 Å². The van der Waals surface area contributed by atoms with Gasteiger partial charge in [-0.15, -0.1) is 0 Å². The molecule has 7 nitrogen and oxygen atoms in total. The average Bonchev–Trinajstić information content (AvgIpc) is 3.11. The molecule has 1 aliphatic carbocycles. The third-order valence-electron chi connectivity index (χ3n) is 2.51. The van der Waals surface area contributed by atoms with Crippen LogP contribution >= 0.6 is 0 Å². The van der Waals surface area contributed by atoms with Crippen molar-refractivity contribution in [3.63, 3.8) is 0 Å². The number of ether oxygens (including phenoxy) is 1. The first-order valence-corrected chi connectivity index (χ1v) is 5.51. The summed E-state index contributed by atoms with van der Waals surface area (Å²) in [5, 5.41) is 14.1. The molecule has 0 radical (unpaired) electrons. The molecule has 17 heavy (non-hydrogen) atoms. The van der Waals surface area contributed by atoms with E-state index in [4.69, 9.17) is 4.74 Å². The van der Waals surface area contributed by atoms with E-state index in [2.05, 4.69) is 15.3 Å². The fourth-order valence-corrected chi connectivity index (χ4v) is 1.47. The Morgan fingerprint density at radius 1 is 1.53 bits per heavy atom. The summed E-state index contributed by atoms with van der Waals surface area (Å²) in [5.74, 6) is 0.821. The molecule has 1 saturated carbocycles. The van der Waals surface area contributed by atoms with Crippen molar-refractivity contribution in [2.45, 2.75) is 32.2 Å². The van der Waals surface area contributed by atoms with Crippen LogP contribution in [0.3, 0.4) is 0 Å². The van der Waals surface area contributed by atoms with Crippen molar-refractivity contribution in [2.24, 2.45) is 0 Å². The van der Waals surface area contributed by atoms with Crippen molar-refractivity contribution >= 4 is 11.5 Å². The lowest BCUT2D eigenvalue weighted by atomic mass is 10.4. The second kappa shape index (κ2) is 4.52. The molecule has 92 valence electrons. The lowest BCUT2D eigenvalue weighted by Gasteiger charge is -2.08. The van der Waals surface area contributed by atoms with Crippen LogP contribution in [-0.2, 0) is 6.42 Å². The molecule has 0 aromatic carbocycles. The smallest absolute Gasteiger partial charge is 0.372 e. The van der Waals surface area contributed by atoms with E-state index in [1.54, 1.807) is 0 Å². The standard InChI is InChI=1S/C10H14N4O3/c1-3-7-12-9(11-6-4-5-6)8(14(15)16)10(13-7)17-2/h6H,3-5H2,1-2H3,(H,11,12,13). The molecule has 0 amide bonds. The van der Waals surface area contributed by atoms with Gasteiger partial charge in [0.05, 0.1) is 12.0 Å². The predicted octanol–water partition coefficient (Wildman–Crippen LogP) is 1.53. The Morgan fingerprint density at radius 3 is 2.71 bits per heavy atom. The highest BCUT2D eigenvalue weighted by Crippen LogP contribution is 2.34. The van der Waals surface area contributed by atoms with Crippen LogP contribution in [0.4, 0.5) is 11.5 Å². The Balaban J connectivity index is 2.45. The summed E-state index contributed by atoms with van der Waals surface area (Å²) < 4.78 is 4.96. The maximum atomic E-state index is 11.0. The van der Waals surface area contributed by atoms with Gasteiger partial charge in [-0.1, -0.05) is 6.92 Å². The summed E-state index contributed by atoms with van der Waals surface area (Å²) in [6, 6.07) is 0.290. The number of aromatic nitrogens is 2. The van der Waals surface area contributed by atoms with Crippen molar-refractivity contribution < 1.29 is 9.66 Å². The predicted molar refractivity (Wildman–Crippen MR) is 61.3 cm³/mol. The molecule has 1 aromatic rings. The number of anilines is 1. The van der Waals surface area contributed by atoms with Crippen molar-refractivity contribution in [3.05, 3.63) is 15.9 Å². The van der Waals surface area contributed by atoms with Crippen LogP contribution in [0.15, 0.2) is 0 Å². The number of methoxy groups -OCH3 is 1. The molecule has 1 fully saturated rings. The highest BCUT2D eigenvalue weighted by Gasteiger charge is 2.30. The van der Waals surface area contributed by atoms with Crippen LogP contribution in [0.2, 0.25) is 0 Å². The number of hydrogen-bond donors (Lipinski definition) is 1. The fourth-order valence-electron chi connectivity index (χ4n) is 1.47. The van der Waals surface area contributed by atoms with Gasteiger partial charge >= 0.3 is 5.69 Å². The maximum Gasteiger partial charge on any atom is 0.372 e. The lowest BCUT2D eigenvalue weighted by molar-refractivity contribution is -0.385. The zero-order valence-electron chi connectivity index (χ0n) is 9.77. The first kappa shape index (κ1) is 11.6. The van der Waals surface area contributed by atoms with Gasteiger partial charge in [0.25, 0.3) is 5.88 Å². The molecule has 2 rings (SSSR count). The highest BCUT2D eigenvalue weighted by molar-refractivity contribution is 5.62. The monoisotopic (exact) mass is 238 g/mol. The van der Waals surface area contributed by atoms with E-state index < -0.39 is 4.92 Å². The van der Waals surface area contributed by atoms with E-state index >= 15 is 0 Å². The molecule has 1 N–H and O–H groups in total. The van der Waals surface area contributed by atoms with Crippen LogP contribution in [0.25, 0.3) is 0 Å². The summed E-state index contributed by atoms with van der Waals surface area (Å²) in [7, 11) is 1.37. The molecule has 1 heterocycles. The largest absolute Gasteiger partial charge is 0.476 e. The van der Waals surface area contributed by atoms with E-state index in [0.717, 1.165) is 12.8 Å². The summed E-state index contributed by atoms with van der Waals surface area (Å²) >= 11 is 0. The summed E-state index contributed by atoms with van der Waals surface area (Å²) in [5.41, 5.74) is -0.184. The van der Waals surface area contributed by atoms with Crippen LogP contribution in [-0.4, -0.2) is 28.0 Å². The normalized spacial score (nSPS) is 14.5. The molecule has 0 spiro atoms. The minimum absolute atomic E-state index is 0.0185. The van der Waals surface area contributed by atoms with Gasteiger partial charge in [0.2, 0.25) is 5.82 Å². The number of nitrogens with zero attached hydrogens (tertiary/aromatic N) is 3. The number of aryl methyl sites for hydroxylation is 1. The minimum Gasteiger partial charge on any atom is -0.476 e. The van der Waals surface area contributed by atoms with Gasteiger partial charge in [-0.3, -0.25) is 10.1 Å². The third kappa shape index (κ3) is 2.43.